The first kappa shape index (κ1) is 7.21. The molecule has 0 amide bonds. The summed E-state index contributed by atoms with van der Waals surface area (Å²) in [5.41, 5.74) is 0.402. The highest BCUT2D eigenvalue weighted by molar-refractivity contribution is 5.94. The molecule has 0 saturated carbocycles. The fraction of sp³-hybridized carbons (Fsp3) is 0.125. The molecule has 0 saturated heterocycles. The summed E-state index contributed by atoms with van der Waals surface area (Å²) >= 11 is 0. The van der Waals surface area contributed by atoms with Crippen LogP contribution in [0.5, 0.6) is 0 Å². The molecule has 1 aliphatic rings. The van der Waals surface area contributed by atoms with E-state index in [1.165, 1.54) is 6.07 Å². The van der Waals surface area contributed by atoms with Crippen molar-refractivity contribution in [3.8, 4) is 0 Å². The van der Waals surface area contributed by atoms with Crippen LogP contribution in [0.1, 0.15) is 6.92 Å². The summed E-state index contributed by atoms with van der Waals surface area (Å²) in [5, 5.41) is 3.90. The van der Waals surface area contributed by atoms with Gasteiger partial charge >= 0.3 is 0 Å². The van der Waals surface area contributed by atoms with Crippen molar-refractivity contribution in [2.45, 2.75) is 6.92 Å². The van der Waals surface area contributed by atoms with Crippen LogP contribution in [0.15, 0.2) is 17.1 Å². The van der Waals surface area contributed by atoms with E-state index in [9.17, 15) is 8.78 Å². The molecule has 4 heteroatoms. The van der Waals surface area contributed by atoms with Gasteiger partial charge < -0.3 is 0 Å². The second-order valence-electron chi connectivity index (χ2n) is 2.50. The molecule has 1 aromatic carbocycles. The lowest BCUT2D eigenvalue weighted by Crippen LogP contribution is -1.98. The van der Waals surface area contributed by atoms with E-state index in [0.29, 0.717) is 11.5 Å². The Morgan fingerprint density at radius 3 is 2.75 bits per heavy atom. The van der Waals surface area contributed by atoms with Crippen LogP contribution in [0.3, 0.4) is 0 Å². The van der Waals surface area contributed by atoms with E-state index in [-0.39, 0.29) is 5.69 Å². The van der Waals surface area contributed by atoms with Crippen molar-refractivity contribution in [2.24, 2.45) is 4.99 Å². The molecule has 61 valence electrons. The molecule has 1 radical (unpaired) electrons. The molecule has 0 bridgehead atoms. The van der Waals surface area contributed by atoms with Gasteiger partial charge in [0, 0.05) is 0 Å². The summed E-state index contributed by atoms with van der Waals surface area (Å²) in [7, 11) is 0. The van der Waals surface area contributed by atoms with Gasteiger partial charge in [0.1, 0.15) is 11.5 Å². The van der Waals surface area contributed by atoms with Gasteiger partial charge in [-0.05, 0) is 19.1 Å². The highest BCUT2D eigenvalue weighted by Crippen LogP contribution is 2.33. The highest BCUT2D eigenvalue weighted by atomic mass is 19.2. The zero-order valence-electron chi connectivity index (χ0n) is 6.31. The van der Waals surface area contributed by atoms with Crippen molar-refractivity contribution < 1.29 is 8.78 Å². The Balaban J connectivity index is 2.65. The summed E-state index contributed by atoms with van der Waals surface area (Å²) in [6.45, 7) is 1.64. The summed E-state index contributed by atoms with van der Waals surface area (Å²) < 4.78 is 25.5. The third kappa shape index (κ3) is 0.879. The molecule has 0 N–H and O–H groups in total. The van der Waals surface area contributed by atoms with Gasteiger partial charge in [-0.15, -0.1) is 0 Å². The average molecular weight is 167 g/mol. The first-order chi connectivity index (χ1) is 5.68. The number of nitrogens with zero attached hydrogens (tertiary/aromatic N) is 2. The molecule has 2 nitrogen and oxygen atoms in total. The number of amidine groups is 1. The van der Waals surface area contributed by atoms with Crippen LogP contribution in [-0.4, -0.2) is 5.84 Å². The lowest BCUT2D eigenvalue weighted by atomic mass is 10.2. The van der Waals surface area contributed by atoms with Crippen molar-refractivity contribution in [1.29, 1.82) is 0 Å². The van der Waals surface area contributed by atoms with E-state index in [2.05, 4.69) is 10.3 Å². The molecule has 0 aromatic heterocycles. The Bertz CT molecular complexity index is 372. The van der Waals surface area contributed by atoms with Crippen LogP contribution in [0.2, 0.25) is 0 Å². The summed E-state index contributed by atoms with van der Waals surface area (Å²) in [4.78, 5) is 3.75. The van der Waals surface area contributed by atoms with Crippen molar-refractivity contribution in [2.75, 3.05) is 0 Å². The molecule has 0 fully saturated rings. The molecule has 0 aliphatic carbocycles. The molecule has 0 atom stereocenters. The topological polar surface area (TPSA) is 26.5 Å². The number of aliphatic imine (C=N–C) groups is 1. The van der Waals surface area contributed by atoms with Gasteiger partial charge in [0.05, 0.1) is 5.69 Å². The maximum atomic E-state index is 12.9. The van der Waals surface area contributed by atoms with Crippen LogP contribution in [0.25, 0.3) is 0 Å². The molecule has 1 aromatic rings. The molecule has 0 spiro atoms. The molecular weight excluding hydrogens is 162 g/mol. The SMILES string of the molecule is CC1=Nc2c(ccc(F)c2F)[N]1. The minimum atomic E-state index is -0.923. The van der Waals surface area contributed by atoms with Crippen LogP contribution in [0, 0.1) is 11.6 Å². The Kier molecular flexibility index (Phi) is 1.36. The van der Waals surface area contributed by atoms with Gasteiger partial charge in [-0.2, -0.15) is 0 Å². The Morgan fingerprint density at radius 1 is 1.25 bits per heavy atom. The second-order valence-corrected chi connectivity index (χ2v) is 2.50. The summed E-state index contributed by atoms with van der Waals surface area (Å²) in [6, 6.07) is 2.46. The number of hydrogen-bond donors (Lipinski definition) is 0. The van der Waals surface area contributed by atoms with Gasteiger partial charge in [-0.3, -0.25) is 0 Å². The lowest BCUT2D eigenvalue weighted by molar-refractivity contribution is 0.511. The van der Waals surface area contributed by atoms with Crippen molar-refractivity contribution >= 4 is 17.2 Å². The van der Waals surface area contributed by atoms with Gasteiger partial charge in [-0.1, -0.05) is 0 Å². The zero-order chi connectivity index (χ0) is 8.72. The highest BCUT2D eigenvalue weighted by Gasteiger charge is 2.19. The maximum absolute atomic E-state index is 12.9. The summed E-state index contributed by atoms with van der Waals surface area (Å²) in [6.07, 6.45) is 0. The van der Waals surface area contributed by atoms with E-state index >= 15 is 0 Å². The fourth-order valence-electron chi connectivity index (χ4n) is 1.09. The molecule has 0 unspecified atom stereocenters. The van der Waals surface area contributed by atoms with E-state index in [1.54, 1.807) is 6.92 Å². The lowest BCUT2D eigenvalue weighted by Gasteiger charge is -1.97. The predicted molar refractivity (Wildman–Crippen MR) is 40.9 cm³/mol. The Morgan fingerprint density at radius 2 is 2.00 bits per heavy atom. The van der Waals surface area contributed by atoms with Crippen molar-refractivity contribution in [3.05, 3.63) is 23.8 Å². The minimum Gasteiger partial charge on any atom is -0.231 e. The van der Waals surface area contributed by atoms with E-state index < -0.39 is 11.6 Å². The van der Waals surface area contributed by atoms with Gasteiger partial charge in [0.2, 0.25) is 0 Å². The minimum absolute atomic E-state index is 0.00694. The quantitative estimate of drug-likeness (QED) is 0.566. The largest absolute Gasteiger partial charge is 0.231 e. The Labute approximate surface area is 67.9 Å². The van der Waals surface area contributed by atoms with Crippen LogP contribution in [-0.2, 0) is 0 Å². The fourth-order valence-corrected chi connectivity index (χ4v) is 1.09. The van der Waals surface area contributed by atoms with Crippen LogP contribution >= 0.6 is 0 Å². The molecular formula is C8H5F2N2. The van der Waals surface area contributed by atoms with Crippen LogP contribution in [0.4, 0.5) is 20.2 Å². The zero-order valence-corrected chi connectivity index (χ0v) is 6.31. The van der Waals surface area contributed by atoms with Gasteiger partial charge in [0.25, 0.3) is 0 Å². The second kappa shape index (κ2) is 2.27. The van der Waals surface area contributed by atoms with Crippen molar-refractivity contribution in [1.82, 2.24) is 5.32 Å². The first-order valence-electron chi connectivity index (χ1n) is 3.43. The van der Waals surface area contributed by atoms with Crippen molar-refractivity contribution in [3.63, 3.8) is 0 Å². The van der Waals surface area contributed by atoms with E-state index in [1.807, 2.05) is 0 Å². The summed E-state index contributed by atoms with van der Waals surface area (Å²) in [5.74, 6) is -1.36. The molecule has 2 rings (SSSR count). The third-order valence-corrected chi connectivity index (χ3v) is 1.60. The van der Waals surface area contributed by atoms with E-state index in [0.717, 1.165) is 6.07 Å². The molecule has 1 heterocycles. The number of fused-ring (bicyclic) bond motifs is 1. The average Bonchev–Trinajstić information content (AvgIpc) is 2.39. The third-order valence-electron chi connectivity index (χ3n) is 1.60. The van der Waals surface area contributed by atoms with Gasteiger partial charge in [0.15, 0.2) is 11.6 Å². The monoisotopic (exact) mass is 167 g/mol. The standard InChI is InChI=1S/C8H5F2N2/c1-4-11-6-3-2-5(9)7(10)8(6)12-4/h2-3H,1H3. The van der Waals surface area contributed by atoms with Crippen LogP contribution < -0.4 is 5.32 Å². The number of hydrogen-bond acceptors (Lipinski definition) is 1. The molecule has 1 aliphatic heterocycles. The number of rotatable bonds is 0. The number of benzene rings is 1. The normalized spacial score (nSPS) is 13.8. The smallest absolute Gasteiger partial charge is 0.186 e. The number of halogens is 2. The van der Waals surface area contributed by atoms with Gasteiger partial charge in [-0.25, -0.2) is 19.1 Å². The molecule has 12 heavy (non-hydrogen) atoms. The first-order valence-corrected chi connectivity index (χ1v) is 3.43. The maximum Gasteiger partial charge on any atom is 0.186 e. The Hall–Kier alpha value is -1.45. The van der Waals surface area contributed by atoms with E-state index in [4.69, 9.17) is 0 Å². The predicted octanol–water partition coefficient (Wildman–Crippen LogP) is 2.26.